The topological polar surface area (TPSA) is 74.7 Å². The van der Waals surface area contributed by atoms with E-state index in [1.165, 1.54) is 10.4 Å². The Hall–Kier alpha value is -1.66. The first-order valence-electron chi connectivity index (χ1n) is 5.36. The lowest BCUT2D eigenvalue weighted by molar-refractivity contribution is -0.133. The zero-order valence-corrected chi connectivity index (χ0v) is 10.6. The molecule has 0 fully saturated rings. The third-order valence-corrected chi connectivity index (χ3v) is 4.07. The molecule has 1 atom stereocenters. The average molecular weight is 267 g/mol. The van der Waals surface area contributed by atoms with Gasteiger partial charge in [0.1, 0.15) is 0 Å². The predicted octanol–water partition coefficient (Wildman–Crippen LogP) is 1.01. The molecule has 0 bridgehead atoms. The smallest absolute Gasteiger partial charge is 0.333 e. The minimum Gasteiger partial charge on any atom is -0.478 e. The normalized spacial score (nSPS) is 20.7. The Labute approximate surface area is 105 Å². The average Bonchev–Trinajstić information content (AvgIpc) is 2.74. The maximum Gasteiger partial charge on any atom is 0.333 e. The van der Waals surface area contributed by atoms with E-state index < -0.39 is 22.0 Å². The van der Waals surface area contributed by atoms with Crippen molar-refractivity contribution in [3.8, 4) is 0 Å². The molecular formula is C12H13NO4S. The van der Waals surface area contributed by atoms with Gasteiger partial charge in [-0.15, -0.1) is 0 Å². The van der Waals surface area contributed by atoms with Crippen LogP contribution in [0, 0.1) is 0 Å². The maximum atomic E-state index is 11.7. The minimum absolute atomic E-state index is 0.0972. The van der Waals surface area contributed by atoms with E-state index in [0.29, 0.717) is 5.56 Å². The largest absolute Gasteiger partial charge is 0.478 e. The summed E-state index contributed by atoms with van der Waals surface area (Å²) in [6, 6.07) is 8.03. The van der Waals surface area contributed by atoms with E-state index in [-0.39, 0.29) is 12.1 Å². The highest BCUT2D eigenvalue weighted by atomic mass is 32.2. The third-order valence-electron chi connectivity index (χ3n) is 2.86. The van der Waals surface area contributed by atoms with Gasteiger partial charge in [0, 0.05) is 6.54 Å². The van der Waals surface area contributed by atoms with Gasteiger partial charge in [-0.05, 0) is 5.56 Å². The lowest BCUT2D eigenvalue weighted by atomic mass is 10.0. The first kappa shape index (κ1) is 12.8. The fraction of sp³-hybridized carbons (Fsp3) is 0.250. The van der Waals surface area contributed by atoms with Crippen LogP contribution in [0.15, 0.2) is 42.0 Å². The molecule has 1 N–H and O–H groups in total. The van der Waals surface area contributed by atoms with E-state index in [1.54, 1.807) is 30.3 Å². The predicted molar refractivity (Wildman–Crippen MR) is 66.5 cm³/mol. The summed E-state index contributed by atoms with van der Waals surface area (Å²) in [7, 11) is -3.45. The summed E-state index contributed by atoms with van der Waals surface area (Å²) in [6.45, 7) is 0.0972. The van der Waals surface area contributed by atoms with Gasteiger partial charge >= 0.3 is 5.97 Å². The van der Waals surface area contributed by atoms with Crippen molar-refractivity contribution >= 4 is 16.0 Å². The number of sulfonamides is 1. The highest BCUT2D eigenvalue weighted by molar-refractivity contribution is 7.88. The summed E-state index contributed by atoms with van der Waals surface area (Å²) < 4.78 is 24.6. The Morgan fingerprint density at radius 2 is 1.94 bits per heavy atom. The number of carboxylic acid groups (broad SMARTS) is 1. The van der Waals surface area contributed by atoms with Crippen LogP contribution in [0.2, 0.25) is 0 Å². The fourth-order valence-electron chi connectivity index (χ4n) is 2.07. The first-order valence-corrected chi connectivity index (χ1v) is 7.21. The standard InChI is InChI=1S/C12H13NO4S/c1-18(16,17)13-8-7-10(12(14)15)11(13)9-5-3-2-4-6-9/h2-7,11H,8H2,1H3,(H,14,15). The van der Waals surface area contributed by atoms with Crippen molar-refractivity contribution in [3.05, 3.63) is 47.5 Å². The van der Waals surface area contributed by atoms with Crippen molar-refractivity contribution in [3.63, 3.8) is 0 Å². The second-order valence-electron chi connectivity index (χ2n) is 4.11. The van der Waals surface area contributed by atoms with Crippen molar-refractivity contribution in [2.45, 2.75) is 6.04 Å². The SMILES string of the molecule is CS(=O)(=O)N1CC=C(C(=O)O)C1c1ccccc1. The molecular weight excluding hydrogens is 254 g/mol. The van der Waals surface area contributed by atoms with Crippen LogP contribution < -0.4 is 0 Å². The lowest BCUT2D eigenvalue weighted by Gasteiger charge is -2.24. The molecule has 0 saturated heterocycles. The summed E-state index contributed by atoms with van der Waals surface area (Å²) in [5.74, 6) is -1.09. The van der Waals surface area contributed by atoms with Crippen LogP contribution in [0.4, 0.5) is 0 Å². The molecule has 0 aromatic heterocycles. The number of aliphatic carboxylic acids is 1. The fourth-order valence-corrected chi connectivity index (χ4v) is 3.04. The van der Waals surface area contributed by atoms with Gasteiger partial charge in [0.05, 0.1) is 17.9 Å². The summed E-state index contributed by atoms with van der Waals surface area (Å²) in [5.41, 5.74) is 0.765. The molecule has 1 aliphatic rings. The van der Waals surface area contributed by atoms with Crippen LogP contribution in [-0.4, -0.2) is 36.6 Å². The molecule has 0 aliphatic carbocycles. The van der Waals surface area contributed by atoms with E-state index in [9.17, 15) is 13.2 Å². The minimum atomic E-state index is -3.45. The number of hydrogen-bond acceptors (Lipinski definition) is 3. The van der Waals surface area contributed by atoms with Gasteiger partial charge in [-0.2, -0.15) is 4.31 Å². The molecule has 0 saturated carbocycles. The van der Waals surface area contributed by atoms with Gasteiger partial charge < -0.3 is 5.11 Å². The lowest BCUT2D eigenvalue weighted by Crippen LogP contribution is -2.32. The highest BCUT2D eigenvalue weighted by Gasteiger charge is 2.37. The summed E-state index contributed by atoms with van der Waals surface area (Å²) >= 11 is 0. The Balaban J connectivity index is 2.48. The molecule has 2 rings (SSSR count). The molecule has 96 valence electrons. The molecule has 0 spiro atoms. The first-order chi connectivity index (χ1) is 8.41. The molecule has 0 radical (unpaired) electrons. The Kier molecular flexibility index (Phi) is 3.23. The molecule has 1 heterocycles. The van der Waals surface area contributed by atoms with Gasteiger partial charge in [0.15, 0.2) is 0 Å². The van der Waals surface area contributed by atoms with E-state index in [1.807, 2.05) is 0 Å². The van der Waals surface area contributed by atoms with Crippen LogP contribution >= 0.6 is 0 Å². The van der Waals surface area contributed by atoms with Crippen molar-refractivity contribution in [1.82, 2.24) is 4.31 Å². The van der Waals surface area contributed by atoms with E-state index in [0.717, 1.165) is 6.26 Å². The zero-order valence-electron chi connectivity index (χ0n) is 9.78. The van der Waals surface area contributed by atoms with Crippen molar-refractivity contribution in [2.75, 3.05) is 12.8 Å². The highest BCUT2D eigenvalue weighted by Crippen LogP contribution is 2.34. The van der Waals surface area contributed by atoms with E-state index >= 15 is 0 Å². The number of rotatable bonds is 3. The van der Waals surface area contributed by atoms with Gasteiger partial charge in [-0.1, -0.05) is 36.4 Å². The molecule has 1 aromatic rings. The van der Waals surface area contributed by atoms with Crippen LogP contribution in [0.25, 0.3) is 0 Å². The number of nitrogens with zero attached hydrogens (tertiary/aromatic N) is 1. The van der Waals surface area contributed by atoms with Gasteiger partial charge in [0.25, 0.3) is 0 Å². The quantitative estimate of drug-likeness (QED) is 0.887. The molecule has 18 heavy (non-hydrogen) atoms. The van der Waals surface area contributed by atoms with E-state index in [4.69, 9.17) is 5.11 Å². The van der Waals surface area contributed by atoms with Crippen LogP contribution in [0.1, 0.15) is 11.6 Å². The van der Waals surface area contributed by atoms with E-state index in [2.05, 4.69) is 0 Å². The second kappa shape index (κ2) is 4.55. The van der Waals surface area contributed by atoms with Crippen molar-refractivity contribution in [2.24, 2.45) is 0 Å². The summed E-state index contributed by atoms with van der Waals surface area (Å²) in [5, 5.41) is 9.14. The zero-order chi connectivity index (χ0) is 13.3. The summed E-state index contributed by atoms with van der Waals surface area (Å²) in [4.78, 5) is 11.2. The molecule has 1 unspecified atom stereocenters. The Bertz CT molecular complexity index is 592. The van der Waals surface area contributed by atoms with Crippen LogP contribution in [0.3, 0.4) is 0 Å². The molecule has 1 aliphatic heterocycles. The van der Waals surface area contributed by atoms with Crippen molar-refractivity contribution < 1.29 is 18.3 Å². The molecule has 1 aromatic carbocycles. The monoisotopic (exact) mass is 267 g/mol. The maximum absolute atomic E-state index is 11.7. The Morgan fingerprint density at radius 3 is 2.44 bits per heavy atom. The van der Waals surface area contributed by atoms with Crippen LogP contribution in [-0.2, 0) is 14.8 Å². The second-order valence-corrected chi connectivity index (χ2v) is 6.05. The summed E-state index contributed by atoms with van der Waals surface area (Å²) in [6.07, 6.45) is 2.53. The van der Waals surface area contributed by atoms with Crippen molar-refractivity contribution in [1.29, 1.82) is 0 Å². The number of benzene rings is 1. The third kappa shape index (κ3) is 2.30. The van der Waals surface area contributed by atoms with Gasteiger partial charge in [-0.3, -0.25) is 0 Å². The molecule has 6 heteroatoms. The Morgan fingerprint density at radius 1 is 1.33 bits per heavy atom. The molecule has 0 amide bonds. The number of carbonyl (C=O) groups is 1. The molecule has 5 nitrogen and oxygen atoms in total. The van der Waals surface area contributed by atoms with Crippen LogP contribution in [0.5, 0.6) is 0 Å². The number of carboxylic acids is 1. The number of hydrogen-bond donors (Lipinski definition) is 1. The van der Waals surface area contributed by atoms with Gasteiger partial charge in [0.2, 0.25) is 10.0 Å². The van der Waals surface area contributed by atoms with Gasteiger partial charge in [-0.25, -0.2) is 13.2 Å².